The van der Waals surface area contributed by atoms with Gasteiger partial charge in [-0.05, 0) is 23.6 Å². The number of methoxy groups -OCH3 is 1. The first-order chi connectivity index (χ1) is 11.6. The van der Waals surface area contributed by atoms with Crippen LogP contribution in [0.25, 0.3) is 32.5 Å². The molecule has 3 aromatic carbocycles. The van der Waals surface area contributed by atoms with Crippen LogP contribution in [-0.4, -0.2) is 18.2 Å². The Hall–Kier alpha value is -3.34. The number of carboxylic acids is 1. The average Bonchev–Trinajstić information content (AvgIpc) is 2.60. The Balaban J connectivity index is 2.28. The van der Waals surface area contributed by atoms with Gasteiger partial charge in [0.05, 0.1) is 18.1 Å². The van der Waals surface area contributed by atoms with Crippen molar-refractivity contribution in [3.63, 3.8) is 0 Å². The van der Waals surface area contributed by atoms with Gasteiger partial charge in [0.2, 0.25) is 0 Å². The highest BCUT2D eigenvalue weighted by molar-refractivity contribution is 6.16. The van der Waals surface area contributed by atoms with Crippen LogP contribution in [0.2, 0.25) is 0 Å². The summed E-state index contributed by atoms with van der Waals surface area (Å²) in [4.78, 5) is 23.7. The second kappa shape index (κ2) is 5.09. The number of carbonyl (C=O) groups is 1. The minimum absolute atomic E-state index is 0.0215. The molecular formula is C19H12O5. The fraction of sp³-hybridized carbons (Fsp3) is 0.0526. The highest BCUT2D eigenvalue weighted by atomic mass is 16.5. The van der Waals surface area contributed by atoms with Crippen LogP contribution in [0.3, 0.4) is 0 Å². The molecule has 0 aliphatic rings. The Labute approximate surface area is 135 Å². The Morgan fingerprint density at radius 3 is 2.58 bits per heavy atom. The van der Waals surface area contributed by atoms with Gasteiger partial charge in [0.15, 0.2) is 0 Å². The van der Waals surface area contributed by atoms with Gasteiger partial charge < -0.3 is 14.3 Å². The summed E-state index contributed by atoms with van der Waals surface area (Å²) in [5.74, 6) is -0.800. The maximum absolute atomic E-state index is 12.5. The number of hydrogen-bond donors (Lipinski definition) is 1. The summed E-state index contributed by atoms with van der Waals surface area (Å²) >= 11 is 0. The maximum atomic E-state index is 12.5. The van der Waals surface area contributed by atoms with E-state index in [0.717, 1.165) is 10.8 Å². The van der Waals surface area contributed by atoms with E-state index in [0.29, 0.717) is 22.1 Å². The molecule has 0 atom stereocenters. The molecule has 0 aliphatic carbocycles. The monoisotopic (exact) mass is 320 g/mol. The average molecular weight is 320 g/mol. The lowest BCUT2D eigenvalue weighted by Gasteiger charge is -2.10. The molecule has 0 radical (unpaired) electrons. The summed E-state index contributed by atoms with van der Waals surface area (Å²) in [6.45, 7) is 0. The lowest BCUT2D eigenvalue weighted by Crippen LogP contribution is -2.05. The van der Waals surface area contributed by atoms with Crippen molar-refractivity contribution in [2.75, 3.05) is 7.11 Å². The van der Waals surface area contributed by atoms with Crippen LogP contribution in [0.4, 0.5) is 0 Å². The van der Waals surface area contributed by atoms with E-state index >= 15 is 0 Å². The Morgan fingerprint density at radius 1 is 1.04 bits per heavy atom. The third-order valence-electron chi connectivity index (χ3n) is 4.13. The highest BCUT2D eigenvalue weighted by Gasteiger charge is 2.17. The minimum atomic E-state index is -1.13. The van der Waals surface area contributed by atoms with Crippen molar-refractivity contribution < 1.29 is 19.1 Å². The molecule has 0 fully saturated rings. The molecule has 4 aromatic rings. The summed E-state index contributed by atoms with van der Waals surface area (Å²) in [5, 5.41) is 12.4. The van der Waals surface area contributed by atoms with Crippen LogP contribution >= 0.6 is 0 Å². The van der Waals surface area contributed by atoms with Gasteiger partial charge in [-0.1, -0.05) is 30.3 Å². The fourth-order valence-electron chi connectivity index (χ4n) is 3.04. The topological polar surface area (TPSA) is 76.7 Å². The van der Waals surface area contributed by atoms with Gasteiger partial charge >= 0.3 is 11.6 Å². The summed E-state index contributed by atoms with van der Waals surface area (Å²) in [6, 6.07) is 14.1. The van der Waals surface area contributed by atoms with Crippen molar-refractivity contribution in [1.29, 1.82) is 0 Å². The van der Waals surface area contributed by atoms with Crippen molar-refractivity contribution >= 4 is 38.5 Å². The molecule has 0 saturated carbocycles. The first-order valence-electron chi connectivity index (χ1n) is 7.30. The Morgan fingerprint density at radius 2 is 1.83 bits per heavy atom. The molecular weight excluding hydrogens is 308 g/mol. The molecule has 0 unspecified atom stereocenters. The smallest absolute Gasteiger partial charge is 0.344 e. The van der Waals surface area contributed by atoms with Crippen molar-refractivity contribution in [2.45, 2.75) is 0 Å². The fourth-order valence-corrected chi connectivity index (χ4v) is 3.04. The normalized spacial score (nSPS) is 11.2. The van der Waals surface area contributed by atoms with Crippen LogP contribution in [0.1, 0.15) is 10.4 Å². The lowest BCUT2D eigenvalue weighted by atomic mass is 10.0. The molecule has 0 saturated heterocycles. The molecule has 1 aromatic heterocycles. The van der Waals surface area contributed by atoms with Crippen LogP contribution in [0, 0.1) is 0 Å². The van der Waals surface area contributed by atoms with Crippen LogP contribution in [-0.2, 0) is 0 Å². The van der Waals surface area contributed by atoms with Crippen LogP contribution < -0.4 is 10.4 Å². The number of rotatable bonds is 2. The highest BCUT2D eigenvalue weighted by Crippen LogP contribution is 2.35. The van der Waals surface area contributed by atoms with E-state index in [1.807, 2.05) is 36.4 Å². The second-order valence-electron chi connectivity index (χ2n) is 5.46. The number of aromatic carboxylic acids is 1. The maximum Gasteiger partial charge on any atom is 0.344 e. The van der Waals surface area contributed by atoms with Gasteiger partial charge in [-0.25, -0.2) is 9.59 Å². The summed E-state index contributed by atoms with van der Waals surface area (Å²) < 4.78 is 10.9. The van der Waals surface area contributed by atoms with Gasteiger partial charge in [0.25, 0.3) is 0 Å². The van der Waals surface area contributed by atoms with Gasteiger partial charge in [-0.3, -0.25) is 0 Å². The van der Waals surface area contributed by atoms with E-state index in [-0.39, 0.29) is 10.9 Å². The zero-order valence-electron chi connectivity index (χ0n) is 12.7. The van der Waals surface area contributed by atoms with Gasteiger partial charge in [0.1, 0.15) is 11.3 Å². The van der Waals surface area contributed by atoms with Gasteiger partial charge in [0, 0.05) is 16.2 Å². The van der Waals surface area contributed by atoms with Crippen molar-refractivity contribution in [3.05, 3.63) is 64.5 Å². The van der Waals surface area contributed by atoms with Gasteiger partial charge in [-0.15, -0.1) is 0 Å². The number of fused-ring (bicyclic) bond motifs is 5. The molecule has 0 amide bonds. The van der Waals surface area contributed by atoms with Crippen molar-refractivity contribution in [2.24, 2.45) is 0 Å². The number of carboxylic acid groups (broad SMARTS) is 1. The van der Waals surface area contributed by atoms with E-state index in [1.54, 1.807) is 0 Å². The van der Waals surface area contributed by atoms with Crippen molar-refractivity contribution in [1.82, 2.24) is 0 Å². The SMILES string of the molecule is COc1cc(C(=O)O)cc2c(=O)oc3c4ccccc4ccc3c12. The number of hydrogen-bond acceptors (Lipinski definition) is 4. The Kier molecular flexibility index (Phi) is 3.03. The second-order valence-corrected chi connectivity index (χ2v) is 5.46. The number of benzene rings is 3. The summed E-state index contributed by atoms with van der Waals surface area (Å²) in [6.07, 6.45) is 0. The minimum Gasteiger partial charge on any atom is -0.496 e. The first-order valence-corrected chi connectivity index (χ1v) is 7.30. The van der Waals surface area contributed by atoms with Crippen LogP contribution in [0.15, 0.2) is 57.7 Å². The predicted molar refractivity (Wildman–Crippen MR) is 91.0 cm³/mol. The molecule has 5 heteroatoms. The van der Waals surface area contributed by atoms with E-state index in [1.165, 1.54) is 19.2 Å². The molecule has 5 nitrogen and oxygen atoms in total. The standard InChI is InChI=1S/C19H12O5/c1-23-15-9-11(18(20)21)8-14-16(15)13-7-6-10-4-2-3-5-12(10)17(13)24-19(14)22/h2-9H,1H3,(H,20,21). The van der Waals surface area contributed by atoms with E-state index < -0.39 is 11.6 Å². The zero-order valence-corrected chi connectivity index (χ0v) is 12.7. The Bertz CT molecular complexity index is 1190. The summed E-state index contributed by atoms with van der Waals surface area (Å²) in [7, 11) is 1.45. The summed E-state index contributed by atoms with van der Waals surface area (Å²) in [5.41, 5.74) is -0.144. The van der Waals surface area contributed by atoms with Crippen molar-refractivity contribution in [3.8, 4) is 5.75 Å². The molecule has 4 rings (SSSR count). The van der Waals surface area contributed by atoms with E-state index in [9.17, 15) is 14.7 Å². The predicted octanol–water partition coefficient (Wildman–Crippen LogP) is 3.81. The molecule has 0 bridgehead atoms. The first kappa shape index (κ1) is 14.3. The lowest BCUT2D eigenvalue weighted by molar-refractivity contribution is 0.0696. The third kappa shape index (κ3) is 1.95. The zero-order chi connectivity index (χ0) is 16.8. The molecule has 0 spiro atoms. The van der Waals surface area contributed by atoms with Gasteiger partial charge in [-0.2, -0.15) is 0 Å². The molecule has 0 aliphatic heterocycles. The quantitative estimate of drug-likeness (QED) is 0.449. The number of ether oxygens (including phenoxy) is 1. The molecule has 118 valence electrons. The molecule has 1 heterocycles. The van der Waals surface area contributed by atoms with E-state index in [2.05, 4.69) is 0 Å². The van der Waals surface area contributed by atoms with Crippen LogP contribution in [0.5, 0.6) is 5.75 Å². The van der Waals surface area contributed by atoms with E-state index in [4.69, 9.17) is 9.15 Å². The largest absolute Gasteiger partial charge is 0.496 e. The molecule has 24 heavy (non-hydrogen) atoms. The third-order valence-corrected chi connectivity index (χ3v) is 4.13. The molecule has 1 N–H and O–H groups in total.